The highest BCUT2D eigenvalue weighted by atomic mass is 32.1. The number of nitrogens with zero attached hydrogens (tertiary/aromatic N) is 1. The van der Waals surface area contributed by atoms with Crippen molar-refractivity contribution in [3.8, 4) is 5.75 Å². The van der Waals surface area contributed by atoms with Crippen LogP contribution in [0.15, 0.2) is 30.5 Å². The minimum absolute atomic E-state index is 0.00432. The van der Waals surface area contributed by atoms with Crippen LogP contribution in [0.3, 0.4) is 0 Å². The maximum Gasteiger partial charge on any atom is 0.264 e. The molecule has 1 aromatic heterocycles. The third kappa shape index (κ3) is 3.79. The van der Waals surface area contributed by atoms with Crippen molar-refractivity contribution < 1.29 is 9.53 Å². The molecule has 100 valence electrons. The predicted molar refractivity (Wildman–Crippen MR) is 76.8 cm³/mol. The van der Waals surface area contributed by atoms with Gasteiger partial charge in [0.05, 0.1) is 0 Å². The number of carbonyl (C=O) groups is 1. The average Bonchev–Trinajstić information content (AvgIpc) is 2.82. The Morgan fingerprint density at radius 3 is 2.89 bits per heavy atom. The molecule has 1 heterocycles. The number of thiazole rings is 1. The number of nitrogens with one attached hydrogen (secondary N) is 1. The first-order chi connectivity index (χ1) is 9.19. The van der Waals surface area contributed by atoms with Crippen molar-refractivity contribution in [2.45, 2.75) is 20.3 Å². The van der Waals surface area contributed by atoms with Crippen molar-refractivity contribution in [1.82, 2.24) is 4.98 Å². The van der Waals surface area contributed by atoms with Gasteiger partial charge in [0.15, 0.2) is 11.7 Å². The number of carbonyl (C=O) groups excluding carboxylic acids is 1. The molecular weight excluding hydrogens is 260 g/mol. The molecule has 19 heavy (non-hydrogen) atoms. The number of hydrogen-bond acceptors (Lipinski definition) is 4. The molecule has 0 aliphatic heterocycles. The Balaban J connectivity index is 1.89. The van der Waals surface area contributed by atoms with Gasteiger partial charge in [-0.25, -0.2) is 4.98 Å². The molecule has 1 aromatic carbocycles. The molecule has 5 heteroatoms. The van der Waals surface area contributed by atoms with Gasteiger partial charge in [0.1, 0.15) is 5.75 Å². The van der Waals surface area contributed by atoms with Crippen LogP contribution in [0.5, 0.6) is 5.75 Å². The first-order valence-electron chi connectivity index (χ1n) is 6.12. The van der Waals surface area contributed by atoms with E-state index in [1.807, 2.05) is 31.2 Å². The van der Waals surface area contributed by atoms with Crippen molar-refractivity contribution in [1.29, 1.82) is 0 Å². The summed E-state index contributed by atoms with van der Waals surface area (Å²) in [5, 5.41) is 3.32. The van der Waals surface area contributed by atoms with Gasteiger partial charge in [-0.15, -0.1) is 11.3 Å². The topological polar surface area (TPSA) is 51.2 Å². The molecule has 1 amide bonds. The van der Waals surface area contributed by atoms with E-state index in [1.165, 1.54) is 11.3 Å². The molecule has 0 aliphatic rings. The van der Waals surface area contributed by atoms with Crippen molar-refractivity contribution in [3.05, 3.63) is 40.9 Å². The number of aromatic nitrogens is 1. The van der Waals surface area contributed by atoms with Gasteiger partial charge < -0.3 is 4.74 Å². The minimum Gasteiger partial charge on any atom is -0.483 e. The zero-order chi connectivity index (χ0) is 13.7. The molecule has 0 bridgehead atoms. The van der Waals surface area contributed by atoms with Crippen LogP contribution in [0.25, 0.3) is 0 Å². The highest BCUT2D eigenvalue weighted by Gasteiger charge is 2.07. The van der Waals surface area contributed by atoms with E-state index >= 15 is 0 Å². The third-order valence-corrected chi connectivity index (χ3v) is 3.41. The summed E-state index contributed by atoms with van der Waals surface area (Å²) in [7, 11) is 0. The number of hydrogen-bond donors (Lipinski definition) is 1. The van der Waals surface area contributed by atoms with Crippen molar-refractivity contribution >= 4 is 22.4 Å². The van der Waals surface area contributed by atoms with Crippen LogP contribution in [0.2, 0.25) is 0 Å². The lowest BCUT2D eigenvalue weighted by Gasteiger charge is -2.09. The number of amides is 1. The van der Waals surface area contributed by atoms with Crippen LogP contribution in [-0.4, -0.2) is 17.5 Å². The van der Waals surface area contributed by atoms with E-state index in [1.54, 1.807) is 6.20 Å². The van der Waals surface area contributed by atoms with E-state index in [0.29, 0.717) is 5.13 Å². The second-order valence-electron chi connectivity index (χ2n) is 4.07. The molecule has 4 nitrogen and oxygen atoms in total. The predicted octanol–water partition coefficient (Wildman–Crippen LogP) is 3.03. The number of ether oxygens (including phenoxy) is 1. The number of aryl methyl sites for hydroxylation is 2. The minimum atomic E-state index is -0.194. The molecule has 1 N–H and O–H groups in total. The summed E-state index contributed by atoms with van der Waals surface area (Å²) < 4.78 is 5.53. The molecule has 2 rings (SSSR count). The van der Waals surface area contributed by atoms with Gasteiger partial charge in [0.25, 0.3) is 5.91 Å². The highest BCUT2D eigenvalue weighted by molar-refractivity contribution is 7.15. The fourth-order valence-corrected chi connectivity index (χ4v) is 2.33. The average molecular weight is 276 g/mol. The van der Waals surface area contributed by atoms with Gasteiger partial charge in [-0.2, -0.15) is 0 Å². The Hall–Kier alpha value is -1.88. The van der Waals surface area contributed by atoms with E-state index in [4.69, 9.17) is 4.74 Å². The summed E-state index contributed by atoms with van der Waals surface area (Å²) in [6.45, 7) is 4.00. The molecule has 0 spiro atoms. The van der Waals surface area contributed by atoms with E-state index < -0.39 is 0 Å². The Bertz CT molecular complexity index is 566. The molecular formula is C14H16N2O2S. The maximum absolute atomic E-state index is 11.7. The number of rotatable bonds is 5. The third-order valence-electron chi connectivity index (χ3n) is 2.58. The lowest BCUT2D eigenvalue weighted by molar-refractivity contribution is -0.118. The van der Waals surface area contributed by atoms with Crippen LogP contribution < -0.4 is 10.1 Å². The highest BCUT2D eigenvalue weighted by Crippen LogP contribution is 2.19. The quantitative estimate of drug-likeness (QED) is 0.913. The van der Waals surface area contributed by atoms with E-state index in [-0.39, 0.29) is 12.5 Å². The lowest BCUT2D eigenvalue weighted by Crippen LogP contribution is -2.20. The smallest absolute Gasteiger partial charge is 0.264 e. The van der Waals surface area contributed by atoms with Crippen molar-refractivity contribution in [3.63, 3.8) is 0 Å². The summed E-state index contributed by atoms with van der Waals surface area (Å²) in [5.41, 5.74) is 1.10. The Labute approximate surface area is 116 Å². The van der Waals surface area contributed by atoms with Gasteiger partial charge in [-0.05, 0) is 25.0 Å². The summed E-state index contributed by atoms with van der Waals surface area (Å²) in [5.74, 6) is 0.565. The molecule has 0 saturated heterocycles. The van der Waals surface area contributed by atoms with Gasteiger partial charge >= 0.3 is 0 Å². The fourth-order valence-electron chi connectivity index (χ4n) is 1.65. The number of benzene rings is 1. The van der Waals surface area contributed by atoms with Crippen LogP contribution in [0, 0.1) is 6.92 Å². The second kappa shape index (κ2) is 6.33. The zero-order valence-corrected chi connectivity index (χ0v) is 11.8. The number of anilines is 1. The molecule has 0 aliphatic carbocycles. The van der Waals surface area contributed by atoms with Crippen LogP contribution in [-0.2, 0) is 11.2 Å². The molecule has 2 aromatic rings. The van der Waals surface area contributed by atoms with Gasteiger partial charge in [-0.3, -0.25) is 10.1 Å². The van der Waals surface area contributed by atoms with E-state index in [9.17, 15) is 4.79 Å². The van der Waals surface area contributed by atoms with Gasteiger partial charge in [0, 0.05) is 11.1 Å². The second-order valence-corrected chi connectivity index (χ2v) is 5.31. The summed E-state index contributed by atoms with van der Waals surface area (Å²) in [4.78, 5) is 16.9. The molecule has 0 saturated carbocycles. The summed E-state index contributed by atoms with van der Waals surface area (Å²) in [6, 6.07) is 7.73. The van der Waals surface area contributed by atoms with Crippen molar-refractivity contribution in [2.75, 3.05) is 11.9 Å². The first-order valence-corrected chi connectivity index (χ1v) is 6.93. The maximum atomic E-state index is 11.7. The van der Waals surface area contributed by atoms with Gasteiger partial charge in [-0.1, -0.05) is 25.1 Å². The molecule has 0 radical (unpaired) electrons. The largest absolute Gasteiger partial charge is 0.483 e. The Morgan fingerprint density at radius 1 is 1.42 bits per heavy atom. The van der Waals surface area contributed by atoms with Crippen molar-refractivity contribution in [2.24, 2.45) is 0 Å². The zero-order valence-electron chi connectivity index (χ0n) is 11.0. The summed E-state index contributed by atoms with van der Waals surface area (Å²) >= 11 is 1.45. The standard InChI is InChI=1S/C14H16N2O2S/c1-3-11-6-4-5-7-12(11)18-9-13(17)16-14-15-8-10(2)19-14/h4-8H,3,9H2,1-2H3,(H,15,16,17). The lowest BCUT2D eigenvalue weighted by atomic mass is 10.1. The van der Waals surface area contributed by atoms with E-state index in [0.717, 1.165) is 22.6 Å². The first kappa shape index (κ1) is 13.5. The van der Waals surface area contributed by atoms with Crippen LogP contribution in [0.4, 0.5) is 5.13 Å². The SMILES string of the molecule is CCc1ccccc1OCC(=O)Nc1ncc(C)s1. The molecule has 0 fully saturated rings. The normalized spacial score (nSPS) is 10.2. The summed E-state index contributed by atoms with van der Waals surface area (Å²) in [6.07, 6.45) is 2.61. The fraction of sp³-hybridized carbons (Fsp3) is 0.286. The van der Waals surface area contributed by atoms with Crippen LogP contribution >= 0.6 is 11.3 Å². The number of para-hydroxylation sites is 1. The van der Waals surface area contributed by atoms with Crippen LogP contribution in [0.1, 0.15) is 17.4 Å². The Kier molecular flexibility index (Phi) is 4.52. The molecule has 0 unspecified atom stereocenters. The Morgan fingerprint density at radius 2 is 2.21 bits per heavy atom. The van der Waals surface area contributed by atoms with Gasteiger partial charge in [0.2, 0.25) is 0 Å². The monoisotopic (exact) mass is 276 g/mol. The van der Waals surface area contributed by atoms with E-state index in [2.05, 4.69) is 17.2 Å². The molecule has 0 atom stereocenters.